The molecule has 0 aliphatic rings. The van der Waals surface area contributed by atoms with Crippen molar-refractivity contribution in [3.05, 3.63) is 60.7 Å². The Bertz CT molecular complexity index is 837. The van der Waals surface area contributed by atoms with Gasteiger partial charge >= 0.3 is 0 Å². The molecule has 0 aliphatic carbocycles. The zero-order chi connectivity index (χ0) is 17.1. The van der Waals surface area contributed by atoms with Gasteiger partial charge in [0.1, 0.15) is 11.5 Å². The normalized spacial score (nSPS) is 10.4. The van der Waals surface area contributed by atoms with E-state index in [1.807, 2.05) is 36.4 Å². The summed E-state index contributed by atoms with van der Waals surface area (Å²) < 4.78 is 10.5. The van der Waals surface area contributed by atoms with Gasteiger partial charge in [-0.05, 0) is 34.9 Å². The lowest BCUT2D eigenvalue weighted by Crippen LogP contribution is -1.91. The summed E-state index contributed by atoms with van der Waals surface area (Å²) in [5.74, 6) is 1.26. The Morgan fingerprint density at radius 2 is 1.12 bits per heavy atom. The molecule has 0 aromatic heterocycles. The molecule has 0 unspecified atom stereocenters. The van der Waals surface area contributed by atoms with E-state index in [2.05, 4.69) is 0 Å². The monoisotopic (exact) mass is 322 g/mol. The number of aromatic hydroxyl groups is 2. The Morgan fingerprint density at radius 3 is 1.67 bits per heavy atom. The number of methoxy groups -OCH3 is 2. The van der Waals surface area contributed by atoms with Crippen LogP contribution in [0.5, 0.6) is 23.0 Å². The minimum absolute atomic E-state index is 0.0406. The maximum Gasteiger partial charge on any atom is 0.161 e. The minimum atomic E-state index is 0.0406. The zero-order valence-corrected chi connectivity index (χ0v) is 13.5. The number of benzene rings is 3. The molecule has 24 heavy (non-hydrogen) atoms. The van der Waals surface area contributed by atoms with Crippen molar-refractivity contribution < 1.29 is 19.7 Å². The van der Waals surface area contributed by atoms with E-state index >= 15 is 0 Å². The first-order valence-corrected chi connectivity index (χ1v) is 7.47. The largest absolute Gasteiger partial charge is 0.508 e. The molecule has 0 radical (unpaired) electrons. The number of hydrogen-bond acceptors (Lipinski definition) is 4. The average Bonchev–Trinajstić information content (AvgIpc) is 2.62. The topological polar surface area (TPSA) is 58.9 Å². The molecule has 0 atom stereocenters. The molecule has 0 saturated heterocycles. The van der Waals surface area contributed by atoms with Crippen molar-refractivity contribution in [3.8, 4) is 45.3 Å². The molecule has 0 amide bonds. The van der Waals surface area contributed by atoms with Gasteiger partial charge < -0.3 is 19.7 Å². The Balaban J connectivity index is 2.00. The maximum absolute atomic E-state index is 9.88. The summed E-state index contributed by atoms with van der Waals surface area (Å²) in [6.07, 6.45) is 0. The number of ether oxygens (including phenoxy) is 2. The molecule has 0 fully saturated rings. The van der Waals surface area contributed by atoms with Crippen molar-refractivity contribution in [2.75, 3.05) is 14.2 Å². The predicted octanol–water partition coefficient (Wildman–Crippen LogP) is 4.45. The maximum atomic E-state index is 9.88. The van der Waals surface area contributed by atoms with Crippen LogP contribution in [0, 0.1) is 0 Å². The summed E-state index contributed by atoms with van der Waals surface area (Å²) in [7, 11) is 3.08. The van der Waals surface area contributed by atoms with Crippen molar-refractivity contribution in [1.29, 1.82) is 0 Å². The highest BCUT2D eigenvalue weighted by atomic mass is 16.5. The summed E-state index contributed by atoms with van der Waals surface area (Å²) in [6.45, 7) is 0. The number of hydrogen-bond donors (Lipinski definition) is 2. The van der Waals surface area contributed by atoms with E-state index in [0.29, 0.717) is 11.5 Å². The van der Waals surface area contributed by atoms with Crippen molar-refractivity contribution in [1.82, 2.24) is 0 Å². The van der Waals surface area contributed by atoms with E-state index < -0.39 is 0 Å². The molecule has 0 bridgehead atoms. The molecule has 3 aromatic rings. The Kier molecular flexibility index (Phi) is 4.29. The molecular weight excluding hydrogens is 304 g/mol. The molecule has 2 N–H and O–H groups in total. The van der Waals surface area contributed by atoms with Gasteiger partial charge in [0.15, 0.2) is 11.5 Å². The van der Waals surface area contributed by atoms with Crippen LogP contribution in [-0.4, -0.2) is 24.4 Å². The minimum Gasteiger partial charge on any atom is -0.508 e. The van der Waals surface area contributed by atoms with Crippen molar-refractivity contribution in [2.24, 2.45) is 0 Å². The van der Waals surface area contributed by atoms with Crippen molar-refractivity contribution >= 4 is 0 Å². The van der Waals surface area contributed by atoms with Gasteiger partial charge in [-0.3, -0.25) is 0 Å². The summed E-state index contributed by atoms with van der Waals surface area (Å²) in [6, 6.07) is 18.3. The highest BCUT2D eigenvalue weighted by molar-refractivity contribution is 5.76. The molecule has 0 spiro atoms. The summed E-state index contributed by atoms with van der Waals surface area (Å²) in [4.78, 5) is 0. The van der Waals surface area contributed by atoms with E-state index in [9.17, 15) is 10.2 Å². The Labute approximate surface area is 140 Å². The van der Waals surface area contributed by atoms with Gasteiger partial charge in [0, 0.05) is 11.6 Å². The summed E-state index contributed by atoms with van der Waals surface area (Å²) >= 11 is 0. The van der Waals surface area contributed by atoms with Crippen LogP contribution in [0.4, 0.5) is 0 Å². The fourth-order valence-electron chi connectivity index (χ4n) is 2.60. The van der Waals surface area contributed by atoms with E-state index in [-0.39, 0.29) is 11.5 Å². The van der Waals surface area contributed by atoms with Crippen LogP contribution < -0.4 is 9.47 Å². The lowest BCUT2D eigenvalue weighted by molar-refractivity contribution is 0.366. The first kappa shape index (κ1) is 15.7. The van der Waals surface area contributed by atoms with Crippen LogP contribution in [-0.2, 0) is 0 Å². The van der Waals surface area contributed by atoms with Crippen LogP contribution in [0.1, 0.15) is 0 Å². The molecule has 4 nitrogen and oxygen atoms in total. The quantitative estimate of drug-likeness (QED) is 0.745. The first-order chi connectivity index (χ1) is 11.6. The summed E-state index contributed by atoms with van der Waals surface area (Å²) in [5.41, 5.74) is 3.86. The van der Waals surface area contributed by atoms with Crippen molar-refractivity contribution in [3.63, 3.8) is 0 Å². The average molecular weight is 322 g/mol. The van der Waals surface area contributed by atoms with Crippen LogP contribution in [0.25, 0.3) is 22.3 Å². The third-order valence-electron chi connectivity index (χ3n) is 3.90. The first-order valence-electron chi connectivity index (χ1n) is 7.47. The third kappa shape index (κ3) is 2.99. The Morgan fingerprint density at radius 1 is 0.625 bits per heavy atom. The third-order valence-corrected chi connectivity index (χ3v) is 3.90. The smallest absolute Gasteiger partial charge is 0.161 e. The van der Waals surface area contributed by atoms with Gasteiger partial charge in [0.05, 0.1) is 14.2 Å². The zero-order valence-electron chi connectivity index (χ0n) is 13.5. The lowest BCUT2D eigenvalue weighted by atomic mass is 9.99. The van der Waals surface area contributed by atoms with Crippen LogP contribution >= 0.6 is 0 Å². The fourth-order valence-corrected chi connectivity index (χ4v) is 2.60. The predicted molar refractivity (Wildman–Crippen MR) is 93.7 cm³/mol. The van der Waals surface area contributed by atoms with E-state index in [1.165, 1.54) is 7.11 Å². The molecule has 0 saturated carbocycles. The van der Waals surface area contributed by atoms with Crippen LogP contribution in [0.15, 0.2) is 60.7 Å². The van der Waals surface area contributed by atoms with Crippen LogP contribution in [0.3, 0.4) is 0 Å². The van der Waals surface area contributed by atoms with Gasteiger partial charge in [-0.15, -0.1) is 0 Å². The van der Waals surface area contributed by atoms with Crippen molar-refractivity contribution in [2.45, 2.75) is 0 Å². The Hall–Kier alpha value is -3.14. The van der Waals surface area contributed by atoms with Crippen LogP contribution in [0.2, 0.25) is 0 Å². The second kappa shape index (κ2) is 6.54. The molecule has 4 heteroatoms. The standard InChI is InChI=1S/C20H18O4/c1-23-19-12-18(22)20(24-2)11-17(19)15-5-3-13(4-6-15)14-7-9-16(21)10-8-14/h3-12,21-22H,1-2H3. The second-order valence-electron chi connectivity index (χ2n) is 5.35. The highest BCUT2D eigenvalue weighted by Crippen LogP contribution is 2.39. The number of phenolic OH excluding ortho intramolecular Hbond substituents is 2. The number of phenols is 2. The van der Waals surface area contributed by atoms with E-state index in [1.54, 1.807) is 31.4 Å². The van der Waals surface area contributed by atoms with Gasteiger partial charge in [-0.25, -0.2) is 0 Å². The summed E-state index contributed by atoms with van der Waals surface area (Å²) in [5, 5.41) is 19.3. The van der Waals surface area contributed by atoms with Gasteiger partial charge in [0.25, 0.3) is 0 Å². The molecule has 0 aliphatic heterocycles. The molecular formula is C20H18O4. The number of rotatable bonds is 4. The molecule has 0 heterocycles. The molecule has 122 valence electrons. The second-order valence-corrected chi connectivity index (χ2v) is 5.35. The fraction of sp³-hybridized carbons (Fsp3) is 0.100. The lowest BCUT2D eigenvalue weighted by Gasteiger charge is -2.13. The van der Waals surface area contributed by atoms with Gasteiger partial charge in [0.2, 0.25) is 0 Å². The van der Waals surface area contributed by atoms with Gasteiger partial charge in [-0.1, -0.05) is 36.4 Å². The SMILES string of the molecule is COc1cc(-c2ccc(-c3ccc(O)cc3)cc2)c(OC)cc1O. The molecule has 3 rings (SSSR count). The highest BCUT2D eigenvalue weighted by Gasteiger charge is 2.12. The van der Waals surface area contributed by atoms with E-state index in [0.717, 1.165) is 22.3 Å². The van der Waals surface area contributed by atoms with Gasteiger partial charge in [-0.2, -0.15) is 0 Å². The molecule has 3 aromatic carbocycles. The van der Waals surface area contributed by atoms with E-state index in [4.69, 9.17) is 9.47 Å².